The fourth-order valence-electron chi connectivity index (χ4n) is 3.85. The highest BCUT2D eigenvalue weighted by Gasteiger charge is 2.41. The number of benzene rings is 2. The van der Waals surface area contributed by atoms with Crippen LogP contribution in [-0.4, -0.2) is 59.1 Å². The number of hydrogen-bond acceptors (Lipinski definition) is 6. The van der Waals surface area contributed by atoms with Crippen LogP contribution in [0.25, 0.3) is 11.0 Å². The third-order valence-electron chi connectivity index (χ3n) is 5.43. The van der Waals surface area contributed by atoms with Gasteiger partial charge in [0.2, 0.25) is 5.91 Å². The van der Waals surface area contributed by atoms with E-state index >= 15 is 0 Å². The van der Waals surface area contributed by atoms with Crippen LogP contribution in [0.5, 0.6) is 5.75 Å². The van der Waals surface area contributed by atoms with E-state index in [4.69, 9.17) is 9.47 Å². The molecule has 8 nitrogen and oxygen atoms in total. The smallest absolute Gasteiger partial charge is 0.311 e. The molecule has 29 heavy (non-hydrogen) atoms. The molecule has 0 unspecified atom stereocenters. The second-order valence-corrected chi connectivity index (χ2v) is 7.04. The molecule has 4 rings (SSSR count). The molecule has 2 atom stereocenters. The molecule has 150 valence electrons. The number of esters is 1. The molecule has 1 aliphatic heterocycles. The van der Waals surface area contributed by atoms with Gasteiger partial charge in [0.05, 0.1) is 25.7 Å². The standard InChI is InChI=1S/C21H22N4O4/c1-28-15-9-7-14(8-10-15)16-11-24(12-17(16)21(27)29-2)20(26)13-25-19-6-4-3-5-18(19)22-23-25/h3-10,16-17H,11-13H2,1-2H3/t16-,17+/m0/s1. The van der Waals surface area contributed by atoms with Crippen molar-refractivity contribution in [1.82, 2.24) is 19.9 Å². The largest absolute Gasteiger partial charge is 0.497 e. The summed E-state index contributed by atoms with van der Waals surface area (Å²) in [5, 5.41) is 8.18. The van der Waals surface area contributed by atoms with E-state index in [2.05, 4.69) is 10.3 Å². The van der Waals surface area contributed by atoms with Crippen molar-refractivity contribution in [1.29, 1.82) is 0 Å². The average molecular weight is 394 g/mol. The third-order valence-corrected chi connectivity index (χ3v) is 5.43. The van der Waals surface area contributed by atoms with Crippen molar-refractivity contribution in [3.63, 3.8) is 0 Å². The third kappa shape index (κ3) is 3.65. The van der Waals surface area contributed by atoms with Crippen LogP contribution in [-0.2, 0) is 20.9 Å². The van der Waals surface area contributed by atoms with E-state index in [0.717, 1.165) is 22.3 Å². The van der Waals surface area contributed by atoms with Crippen molar-refractivity contribution in [2.24, 2.45) is 5.92 Å². The van der Waals surface area contributed by atoms with Crippen LogP contribution < -0.4 is 4.74 Å². The molecule has 2 heterocycles. The highest BCUT2D eigenvalue weighted by Crippen LogP contribution is 2.34. The first-order valence-electron chi connectivity index (χ1n) is 9.38. The lowest BCUT2D eigenvalue weighted by Crippen LogP contribution is -2.33. The Bertz CT molecular complexity index is 1030. The lowest BCUT2D eigenvalue weighted by atomic mass is 9.89. The Labute approximate surface area is 168 Å². The predicted molar refractivity (Wildman–Crippen MR) is 105 cm³/mol. The molecule has 0 aliphatic carbocycles. The molecule has 8 heteroatoms. The van der Waals surface area contributed by atoms with Gasteiger partial charge in [-0.2, -0.15) is 0 Å². The molecule has 1 aliphatic rings. The minimum atomic E-state index is -0.412. The number of nitrogens with zero attached hydrogens (tertiary/aromatic N) is 4. The van der Waals surface area contributed by atoms with Crippen LogP contribution in [0.4, 0.5) is 0 Å². The number of aromatic nitrogens is 3. The number of fused-ring (bicyclic) bond motifs is 1. The van der Waals surface area contributed by atoms with E-state index in [9.17, 15) is 9.59 Å². The topological polar surface area (TPSA) is 86.6 Å². The van der Waals surface area contributed by atoms with E-state index in [0.29, 0.717) is 13.1 Å². The van der Waals surface area contributed by atoms with Crippen LogP contribution in [0.2, 0.25) is 0 Å². The van der Waals surface area contributed by atoms with Gasteiger partial charge in [-0.05, 0) is 29.8 Å². The predicted octanol–water partition coefficient (Wildman–Crippen LogP) is 1.86. The number of para-hydroxylation sites is 1. The van der Waals surface area contributed by atoms with Gasteiger partial charge in [0.25, 0.3) is 0 Å². The molecule has 3 aromatic rings. The van der Waals surface area contributed by atoms with Gasteiger partial charge in [0.1, 0.15) is 17.8 Å². The summed E-state index contributed by atoms with van der Waals surface area (Å²) < 4.78 is 11.8. The van der Waals surface area contributed by atoms with Crippen LogP contribution in [0.1, 0.15) is 11.5 Å². The molecule has 0 spiro atoms. The van der Waals surface area contributed by atoms with Gasteiger partial charge >= 0.3 is 5.97 Å². The van der Waals surface area contributed by atoms with Crippen molar-refractivity contribution < 1.29 is 19.1 Å². The molecule has 1 amide bonds. The van der Waals surface area contributed by atoms with Crippen LogP contribution in [0, 0.1) is 5.92 Å². The minimum Gasteiger partial charge on any atom is -0.497 e. The van der Waals surface area contributed by atoms with Gasteiger partial charge in [-0.1, -0.05) is 29.5 Å². The Hall–Kier alpha value is -3.42. The summed E-state index contributed by atoms with van der Waals surface area (Å²) in [6.45, 7) is 0.829. The van der Waals surface area contributed by atoms with Crippen molar-refractivity contribution in [3.05, 3.63) is 54.1 Å². The highest BCUT2D eigenvalue weighted by atomic mass is 16.5. The van der Waals surface area contributed by atoms with Gasteiger partial charge in [-0.15, -0.1) is 5.10 Å². The number of carbonyl (C=O) groups is 2. The summed E-state index contributed by atoms with van der Waals surface area (Å²) >= 11 is 0. The second-order valence-electron chi connectivity index (χ2n) is 7.04. The quantitative estimate of drug-likeness (QED) is 0.614. The van der Waals surface area contributed by atoms with E-state index in [-0.39, 0.29) is 24.3 Å². The molecule has 1 saturated heterocycles. The van der Waals surface area contributed by atoms with Crippen LogP contribution in [0.15, 0.2) is 48.5 Å². The fraction of sp³-hybridized carbons (Fsp3) is 0.333. The van der Waals surface area contributed by atoms with E-state index in [1.165, 1.54) is 7.11 Å². The summed E-state index contributed by atoms with van der Waals surface area (Å²) in [6.07, 6.45) is 0. The normalized spacial score (nSPS) is 18.8. The average Bonchev–Trinajstić information content (AvgIpc) is 3.38. The Morgan fingerprint density at radius 1 is 1.07 bits per heavy atom. The molecule has 0 bridgehead atoms. The maximum absolute atomic E-state index is 13.0. The van der Waals surface area contributed by atoms with Crippen LogP contribution >= 0.6 is 0 Å². The minimum absolute atomic E-state index is 0.0732. The first-order chi connectivity index (χ1) is 14.1. The first-order valence-corrected chi connectivity index (χ1v) is 9.38. The zero-order chi connectivity index (χ0) is 20.4. The Morgan fingerprint density at radius 3 is 2.55 bits per heavy atom. The van der Waals surface area contributed by atoms with E-state index in [1.54, 1.807) is 16.7 Å². The molecular weight excluding hydrogens is 372 g/mol. The summed E-state index contributed by atoms with van der Waals surface area (Å²) in [6, 6.07) is 15.1. The molecule has 1 aromatic heterocycles. The van der Waals surface area contributed by atoms with Crippen molar-refractivity contribution in [2.75, 3.05) is 27.3 Å². The Balaban J connectivity index is 1.54. The second kappa shape index (κ2) is 7.90. The van der Waals surface area contributed by atoms with Crippen LogP contribution in [0.3, 0.4) is 0 Å². The summed E-state index contributed by atoms with van der Waals surface area (Å²) in [5.41, 5.74) is 2.52. The number of rotatable bonds is 5. The maximum atomic E-state index is 13.0. The number of methoxy groups -OCH3 is 2. The Morgan fingerprint density at radius 2 is 1.83 bits per heavy atom. The highest BCUT2D eigenvalue weighted by molar-refractivity contribution is 5.82. The zero-order valence-electron chi connectivity index (χ0n) is 16.3. The number of carbonyl (C=O) groups excluding carboxylic acids is 2. The molecule has 2 aromatic carbocycles. The molecule has 0 saturated carbocycles. The molecule has 0 N–H and O–H groups in total. The SMILES string of the molecule is COC(=O)[C@@H]1CN(C(=O)Cn2nnc3ccccc32)C[C@H]1c1ccc(OC)cc1. The molecule has 0 radical (unpaired) electrons. The lowest BCUT2D eigenvalue weighted by Gasteiger charge is -2.17. The summed E-state index contributed by atoms with van der Waals surface area (Å²) in [7, 11) is 2.98. The fourth-order valence-corrected chi connectivity index (χ4v) is 3.85. The summed E-state index contributed by atoms with van der Waals surface area (Å²) in [4.78, 5) is 27.0. The van der Waals surface area contributed by atoms with E-state index < -0.39 is 5.92 Å². The molecular formula is C21H22N4O4. The number of ether oxygens (including phenoxy) is 2. The first kappa shape index (κ1) is 18.9. The van der Waals surface area contributed by atoms with Gasteiger partial charge in [-0.3, -0.25) is 9.59 Å². The van der Waals surface area contributed by atoms with Crippen molar-refractivity contribution >= 4 is 22.9 Å². The van der Waals surface area contributed by atoms with Gasteiger partial charge in [-0.25, -0.2) is 4.68 Å². The lowest BCUT2D eigenvalue weighted by molar-refractivity contribution is -0.145. The Kier molecular flexibility index (Phi) is 5.16. The molecule has 1 fully saturated rings. The monoisotopic (exact) mass is 394 g/mol. The van der Waals surface area contributed by atoms with Gasteiger partial charge in [0.15, 0.2) is 0 Å². The van der Waals surface area contributed by atoms with Gasteiger partial charge < -0.3 is 14.4 Å². The number of hydrogen-bond donors (Lipinski definition) is 0. The van der Waals surface area contributed by atoms with Crippen molar-refractivity contribution in [3.8, 4) is 5.75 Å². The van der Waals surface area contributed by atoms with Gasteiger partial charge in [0, 0.05) is 19.0 Å². The zero-order valence-corrected chi connectivity index (χ0v) is 16.3. The summed E-state index contributed by atoms with van der Waals surface area (Å²) in [5.74, 6) is -0.222. The van der Waals surface area contributed by atoms with Crippen molar-refractivity contribution in [2.45, 2.75) is 12.5 Å². The number of amides is 1. The number of likely N-dealkylation sites (tertiary alicyclic amines) is 1. The van der Waals surface area contributed by atoms with E-state index in [1.807, 2.05) is 48.5 Å². The maximum Gasteiger partial charge on any atom is 0.311 e.